The molecule has 33 heavy (non-hydrogen) atoms. The lowest BCUT2D eigenvalue weighted by Crippen LogP contribution is -2.37. The molecular formula is C23H24N6O4. The van der Waals surface area contributed by atoms with Crippen molar-refractivity contribution in [1.82, 2.24) is 19.7 Å². The largest absolute Gasteiger partial charge is 0.430 e. The zero-order chi connectivity index (χ0) is 23.5. The van der Waals surface area contributed by atoms with Crippen molar-refractivity contribution in [2.75, 3.05) is 32.6 Å². The molecule has 3 aromatic rings. The second-order valence-electron chi connectivity index (χ2n) is 7.56. The van der Waals surface area contributed by atoms with Gasteiger partial charge in [-0.15, -0.1) is 0 Å². The third-order valence-electron chi connectivity index (χ3n) is 5.53. The summed E-state index contributed by atoms with van der Waals surface area (Å²) in [5.74, 6) is 5.47. The van der Waals surface area contributed by atoms with Gasteiger partial charge in [-0.3, -0.25) is 9.59 Å². The topological polar surface area (TPSA) is 129 Å². The summed E-state index contributed by atoms with van der Waals surface area (Å²) in [6.45, 7) is 4.34. The summed E-state index contributed by atoms with van der Waals surface area (Å²) >= 11 is 0. The van der Waals surface area contributed by atoms with Crippen molar-refractivity contribution in [2.24, 2.45) is 5.73 Å². The van der Waals surface area contributed by atoms with Crippen molar-refractivity contribution in [3.8, 4) is 11.8 Å². The number of methoxy groups -OCH3 is 1. The number of nitrogens with zero attached hydrogens (tertiary/aromatic N) is 4. The number of ether oxygens (including phenoxy) is 1. The number of para-hydroxylation sites is 2. The first-order chi connectivity index (χ1) is 16.0. The number of nitrogens with one attached hydrogen (secondary N) is 1. The number of benzene rings is 1. The minimum atomic E-state index is -0.669. The molecule has 0 saturated carbocycles. The maximum Gasteiger partial charge on any atom is 0.274 e. The zero-order valence-electron chi connectivity index (χ0n) is 18.4. The van der Waals surface area contributed by atoms with Crippen molar-refractivity contribution in [2.45, 2.75) is 18.5 Å². The van der Waals surface area contributed by atoms with Gasteiger partial charge in [-0.05, 0) is 36.5 Å². The van der Waals surface area contributed by atoms with Crippen LogP contribution in [0.4, 0.5) is 5.82 Å². The molecule has 2 atom stereocenters. The summed E-state index contributed by atoms with van der Waals surface area (Å²) < 4.78 is 12.6. The Labute approximate surface area is 190 Å². The Morgan fingerprint density at radius 2 is 2.18 bits per heavy atom. The molecule has 2 amide bonds. The first kappa shape index (κ1) is 22.1. The summed E-state index contributed by atoms with van der Waals surface area (Å²) in [5.41, 5.74) is 7.33. The average molecular weight is 448 g/mol. The highest BCUT2D eigenvalue weighted by molar-refractivity contribution is 6.00. The fourth-order valence-electron chi connectivity index (χ4n) is 4.10. The van der Waals surface area contributed by atoms with Crippen molar-refractivity contribution in [1.29, 1.82) is 0 Å². The van der Waals surface area contributed by atoms with Gasteiger partial charge in [-0.2, -0.15) is 5.10 Å². The highest BCUT2D eigenvalue weighted by Gasteiger charge is 2.37. The average Bonchev–Trinajstić information content (AvgIpc) is 3.51. The van der Waals surface area contributed by atoms with Crippen molar-refractivity contribution >= 4 is 28.7 Å². The van der Waals surface area contributed by atoms with Crippen LogP contribution in [0.3, 0.4) is 0 Å². The molecule has 0 bridgehead atoms. The molecule has 170 valence electrons. The van der Waals surface area contributed by atoms with Crippen LogP contribution in [-0.2, 0) is 9.53 Å². The van der Waals surface area contributed by atoms with E-state index in [2.05, 4.69) is 33.8 Å². The van der Waals surface area contributed by atoms with Crippen LogP contribution in [-0.4, -0.2) is 64.8 Å². The normalized spacial score (nSPS) is 17.6. The van der Waals surface area contributed by atoms with Crippen molar-refractivity contribution < 1.29 is 18.7 Å². The Kier molecular flexibility index (Phi) is 6.15. The second-order valence-corrected chi connectivity index (χ2v) is 7.56. The number of anilines is 1. The maximum atomic E-state index is 12.3. The fourth-order valence-corrected chi connectivity index (χ4v) is 4.10. The lowest BCUT2D eigenvalue weighted by atomic mass is 10.1. The molecule has 0 unspecified atom stereocenters. The Balaban J connectivity index is 1.72. The lowest BCUT2D eigenvalue weighted by Gasteiger charge is -2.22. The third-order valence-corrected chi connectivity index (χ3v) is 5.53. The highest BCUT2D eigenvalue weighted by atomic mass is 16.5. The van der Waals surface area contributed by atoms with Gasteiger partial charge in [-0.1, -0.05) is 18.7 Å². The van der Waals surface area contributed by atoms with Gasteiger partial charge in [-0.25, -0.2) is 9.67 Å². The van der Waals surface area contributed by atoms with E-state index < -0.39 is 5.91 Å². The van der Waals surface area contributed by atoms with E-state index in [1.807, 2.05) is 18.2 Å². The van der Waals surface area contributed by atoms with E-state index >= 15 is 0 Å². The predicted octanol–water partition coefficient (Wildman–Crippen LogP) is 1.54. The number of fused-ring (bicyclic) bond motifs is 1. The van der Waals surface area contributed by atoms with Crippen LogP contribution in [0, 0.1) is 11.8 Å². The van der Waals surface area contributed by atoms with Crippen LogP contribution in [0.25, 0.3) is 11.1 Å². The SMILES string of the molecule is C=CC(=O)N1C[C@@H](n2nc(C#Cc3nc4ccccc4o3)c(C(N)=O)c2NC)C[C@@H]1COC. The number of carbonyl (C=O) groups excluding carboxylic acids is 2. The Morgan fingerprint density at radius 3 is 2.85 bits per heavy atom. The smallest absolute Gasteiger partial charge is 0.274 e. The molecule has 2 aromatic heterocycles. The standard InChI is InChI=1S/C23H24N6O4/c1-4-20(30)28-12-14(11-15(28)13-32-3)29-23(25-2)21(22(24)31)17(27-29)9-10-19-26-16-7-5-6-8-18(16)33-19/h4-8,14-15,25H,1,11-13H2,2-3H3,(H2,24,31)/t14-,15+/m0/s1. The first-order valence-corrected chi connectivity index (χ1v) is 10.4. The summed E-state index contributed by atoms with van der Waals surface area (Å²) in [4.78, 5) is 30.6. The fraction of sp³-hybridized carbons (Fsp3) is 0.304. The number of nitrogens with two attached hydrogens (primary N) is 1. The van der Waals surface area contributed by atoms with Gasteiger partial charge in [0.05, 0.1) is 18.7 Å². The molecule has 3 N–H and O–H groups in total. The molecule has 4 rings (SSSR count). The number of hydrogen-bond donors (Lipinski definition) is 2. The van der Waals surface area contributed by atoms with Crippen LogP contribution in [0.1, 0.15) is 34.4 Å². The lowest BCUT2D eigenvalue weighted by molar-refractivity contribution is -0.127. The molecule has 1 fully saturated rings. The van der Waals surface area contributed by atoms with E-state index in [-0.39, 0.29) is 35.1 Å². The van der Waals surface area contributed by atoms with Gasteiger partial charge in [0, 0.05) is 20.7 Å². The van der Waals surface area contributed by atoms with E-state index in [4.69, 9.17) is 14.9 Å². The molecule has 0 aliphatic carbocycles. The summed E-state index contributed by atoms with van der Waals surface area (Å²) in [5, 5.41) is 7.58. The molecule has 0 radical (unpaired) electrons. The number of likely N-dealkylation sites (tertiary alicyclic amines) is 1. The molecule has 3 heterocycles. The molecule has 0 spiro atoms. The predicted molar refractivity (Wildman–Crippen MR) is 122 cm³/mol. The van der Waals surface area contributed by atoms with Gasteiger partial charge < -0.3 is 25.1 Å². The van der Waals surface area contributed by atoms with Gasteiger partial charge in [0.2, 0.25) is 5.91 Å². The van der Waals surface area contributed by atoms with E-state index in [1.165, 1.54) is 6.08 Å². The van der Waals surface area contributed by atoms with Crippen molar-refractivity contribution in [3.05, 3.63) is 54.1 Å². The number of rotatable bonds is 6. The number of oxazole rings is 1. The van der Waals surface area contributed by atoms with Gasteiger partial charge in [0.25, 0.3) is 11.8 Å². The number of hydrogen-bond acceptors (Lipinski definition) is 7. The van der Waals surface area contributed by atoms with Gasteiger partial charge >= 0.3 is 0 Å². The highest BCUT2D eigenvalue weighted by Crippen LogP contribution is 2.32. The molecule has 10 heteroatoms. The van der Waals surface area contributed by atoms with E-state index in [9.17, 15) is 9.59 Å². The molecule has 1 saturated heterocycles. The minimum Gasteiger partial charge on any atom is -0.430 e. The minimum absolute atomic E-state index is 0.147. The van der Waals surface area contributed by atoms with Crippen LogP contribution < -0.4 is 11.1 Å². The molecule has 1 aromatic carbocycles. The monoisotopic (exact) mass is 448 g/mol. The number of primary amides is 1. The number of amides is 2. The van der Waals surface area contributed by atoms with Crippen LogP contribution >= 0.6 is 0 Å². The number of carbonyl (C=O) groups is 2. The van der Waals surface area contributed by atoms with Crippen LogP contribution in [0.5, 0.6) is 0 Å². The quantitative estimate of drug-likeness (QED) is 0.432. The van der Waals surface area contributed by atoms with Crippen molar-refractivity contribution in [3.63, 3.8) is 0 Å². The zero-order valence-corrected chi connectivity index (χ0v) is 18.4. The van der Waals surface area contributed by atoms with E-state index in [0.29, 0.717) is 36.5 Å². The summed E-state index contributed by atoms with van der Waals surface area (Å²) in [7, 11) is 3.26. The molecular weight excluding hydrogens is 424 g/mol. The van der Waals surface area contributed by atoms with Gasteiger partial charge in [0.15, 0.2) is 11.3 Å². The Hall–Kier alpha value is -4.10. The number of aromatic nitrogens is 3. The van der Waals surface area contributed by atoms with Gasteiger partial charge in [0.1, 0.15) is 16.9 Å². The second kappa shape index (κ2) is 9.18. The Bertz CT molecular complexity index is 1250. The van der Waals surface area contributed by atoms with E-state index in [1.54, 1.807) is 29.8 Å². The third kappa shape index (κ3) is 4.18. The van der Waals surface area contributed by atoms with E-state index in [0.717, 1.165) is 0 Å². The summed E-state index contributed by atoms with van der Waals surface area (Å²) in [6.07, 6.45) is 1.86. The van der Waals surface area contributed by atoms with Crippen LogP contribution in [0.2, 0.25) is 0 Å². The maximum absolute atomic E-state index is 12.3. The molecule has 1 aliphatic heterocycles. The Morgan fingerprint density at radius 1 is 1.39 bits per heavy atom. The molecule has 1 aliphatic rings. The molecule has 10 nitrogen and oxygen atoms in total. The summed E-state index contributed by atoms with van der Waals surface area (Å²) in [6, 6.07) is 6.95. The van der Waals surface area contributed by atoms with Crippen LogP contribution in [0.15, 0.2) is 41.3 Å². The first-order valence-electron chi connectivity index (χ1n) is 10.4.